The van der Waals surface area contributed by atoms with Crippen molar-refractivity contribution >= 4 is 39.0 Å². The highest BCUT2D eigenvalue weighted by molar-refractivity contribution is 7.90. The van der Waals surface area contributed by atoms with Crippen molar-refractivity contribution in [2.24, 2.45) is 0 Å². The average molecular weight is 441 g/mol. The van der Waals surface area contributed by atoms with Gasteiger partial charge in [0, 0.05) is 30.8 Å². The number of alkyl halides is 1. The number of likely N-dealkylation sites (tertiary alicyclic amines) is 1. The van der Waals surface area contributed by atoms with Crippen LogP contribution in [0.2, 0.25) is 10.0 Å². The van der Waals surface area contributed by atoms with Crippen LogP contribution in [0.4, 0.5) is 4.39 Å². The molecule has 10 heteroatoms. The zero-order chi connectivity index (χ0) is 20.2. The van der Waals surface area contributed by atoms with E-state index in [1.54, 1.807) is 0 Å². The molecule has 27 heavy (non-hydrogen) atoms. The lowest BCUT2D eigenvalue weighted by Crippen LogP contribution is -2.45. The molecule has 0 saturated carbocycles. The van der Waals surface area contributed by atoms with Crippen molar-refractivity contribution < 1.29 is 22.7 Å². The number of carboxylic acids is 1. The molecule has 152 valence electrons. The lowest BCUT2D eigenvalue weighted by molar-refractivity contribution is -0.152. The predicted octanol–water partition coefficient (Wildman–Crippen LogP) is 2.69. The molecule has 0 radical (unpaired) electrons. The smallest absolute Gasteiger partial charge is 0.346 e. The Balaban J connectivity index is 1.93. The molecule has 1 saturated heterocycles. The molecule has 1 unspecified atom stereocenters. The van der Waals surface area contributed by atoms with Gasteiger partial charge in [-0.2, -0.15) is 0 Å². The summed E-state index contributed by atoms with van der Waals surface area (Å²) in [7, 11) is -3.07. The van der Waals surface area contributed by atoms with E-state index in [9.17, 15) is 18.3 Å². The predicted molar refractivity (Wildman–Crippen MR) is 104 cm³/mol. The van der Waals surface area contributed by atoms with Crippen LogP contribution in [0.15, 0.2) is 18.2 Å². The molecule has 2 N–H and O–H groups in total. The Bertz CT molecular complexity index is 785. The van der Waals surface area contributed by atoms with Crippen LogP contribution < -0.4 is 5.32 Å². The third-order valence-electron chi connectivity index (χ3n) is 4.71. The Hall–Kier alpha value is -0.930. The van der Waals surface area contributed by atoms with E-state index >= 15 is 4.39 Å². The first-order valence-corrected chi connectivity index (χ1v) is 11.3. The molecule has 2 rings (SSSR count). The molecular weight excluding hydrogens is 418 g/mol. The SMILES string of the molecule is CS(=O)(=O)CNC1CCN(CCC(F)(C(=O)O)c2ccc(Cl)c(Cl)c2)CC1. The molecule has 1 aliphatic heterocycles. The van der Waals surface area contributed by atoms with Crippen LogP contribution in [0.5, 0.6) is 0 Å². The molecule has 1 atom stereocenters. The number of benzene rings is 1. The number of piperidine rings is 1. The molecule has 0 aromatic heterocycles. The first kappa shape index (κ1) is 22.4. The highest BCUT2D eigenvalue weighted by Gasteiger charge is 2.41. The molecule has 1 aromatic carbocycles. The Kier molecular flexibility index (Phi) is 7.49. The number of halogens is 3. The van der Waals surface area contributed by atoms with Gasteiger partial charge < -0.3 is 15.3 Å². The average Bonchev–Trinajstić information content (AvgIpc) is 2.60. The summed E-state index contributed by atoms with van der Waals surface area (Å²) in [6, 6.07) is 4.05. The zero-order valence-electron chi connectivity index (χ0n) is 14.9. The molecule has 6 nitrogen and oxygen atoms in total. The summed E-state index contributed by atoms with van der Waals surface area (Å²) in [5, 5.41) is 12.8. The second kappa shape index (κ2) is 9.05. The minimum absolute atomic E-state index is 0.0332. The molecule has 0 bridgehead atoms. The van der Waals surface area contributed by atoms with Crippen molar-refractivity contribution in [3.63, 3.8) is 0 Å². The van der Waals surface area contributed by atoms with Crippen LogP contribution in [0.25, 0.3) is 0 Å². The Labute approximate surface area is 168 Å². The number of rotatable bonds is 8. The highest BCUT2D eigenvalue weighted by Crippen LogP contribution is 2.35. The van der Waals surface area contributed by atoms with Gasteiger partial charge in [0.05, 0.1) is 15.9 Å². The number of nitrogens with one attached hydrogen (secondary N) is 1. The Morgan fingerprint density at radius 3 is 2.48 bits per heavy atom. The summed E-state index contributed by atoms with van der Waals surface area (Å²) in [5.74, 6) is -1.63. The van der Waals surface area contributed by atoms with E-state index in [4.69, 9.17) is 23.2 Å². The molecule has 0 aliphatic carbocycles. The van der Waals surface area contributed by atoms with Crippen LogP contribution in [0.3, 0.4) is 0 Å². The summed E-state index contributed by atoms with van der Waals surface area (Å²) in [5.41, 5.74) is -2.59. The Morgan fingerprint density at radius 1 is 1.33 bits per heavy atom. The van der Waals surface area contributed by atoms with Crippen molar-refractivity contribution in [3.05, 3.63) is 33.8 Å². The van der Waals surface area contributed by atoms with Crippen LogP contribution in [-0.2, 0) is 20.3 Å². The number of sulfone groups is 1. The van der Waals surface area contributed by atoms with Crippen molar-refractivity contribution in [2.75, 3.05) is 31.8 Å². The second-order valence-corrected chi connectivity index (χ2v) is 9.83. The summed E-state index contributed by atoms with van der Waals surface area (Å²) in [6.45, 7) is 1.54. The van der Waals surface area contributed by atoms with Crippen LogP contribution >= 0.6 is 23.2 Å². The highest BCUT2D eigenvalue weighted by atomic mass is 35.5. The summed E-state index contributed by atoms with van der Waals surface area (Å²) < 4.78 is 37.6. The molecule has 1 fully saturated rings. The lowest BCUT2D eigenvalue weighted by Gasteiger charge is -2.33. The fourth-order valence-electron chi connectivity index (χ4n) is 3.06. The second-order valence-electron chi connectivity index (χ2n) is 6.88. The van der Waals surface area contributed by atoms with E-state index in [2.05, 4.69) is 5.32 Å². The van der Waals surface area contributed by atoms with Crippen molar-refractivity contribution in [3.8, 4) is 0 Å². The number of nitrogens with zero attached hydrogens (tertiary/aromatic N) is 1. The number of carbonyl (C=O) groups is 1. The van der Waals surface area contributed by atoms with Crippen molar-refractivity contribution in [1.29, 1.82) is 0 Å². The van der Waals surface area contributed by atoms with Gasteiger partial charge >= 0.3 is 5.97 Å². The molecule has 0 amide bonds. The first-order chi connectivity index (χ1) is 12.5. The Morgan fingerprint density at radius 2 is 1.96 bits per heavy atom. The van der Waals surface area contributed by atoms with Gasteiger partial charge in [-0.05, 0) is 38.1 Å². The molecular formula is C17H23Cl2FN2O4S. The van der Waals surface area contributed by atoms with Gasteiger partial charge in [-0.3, -0.25) is 0 Å². The molecule has 1 heterocycles. The minimum Gasteiger partial charge on any atom is -0.479 e. The quantitative estimate of drug-likeness (QED) is 0.645. The van der Waals surface area contributed by atoms with Gasteiger partial charge in [-0.1, -0.05) is 29.3 Å². The largest absolute Gasteiger partial charge is 0.479 e. The number of hydrogen-bond acceptors (Lipinski definition) is 5. The number of hydrogen-bond donors (Lipinski definition) is 2. The summed E-state index contributed by atoms with van der Waals surface area (Å²) in [6.07, 6.45) is 2.38. The van der Waals surface area contributed by atoms with Crippen molar-refractivity contribution in [2.45, 2.75) is 31.0 Å². The van der Waals surface area contributed by atoms with Crippen LogP contribution in [0, 0.1) is 0 Å². The summed E-state index contributed by atoms with van der Waals surface area (Å²) in [4.78, 5) is 13.6. The number of aliphatic carboxylic acids is 1. The van der Waals surface area contributed by atoms with Gasteiger partial charge in [-0.25, -0.2) is 17.6 Å². The maximum atomic E-state index is 15.2. The van der Waals surface area contributed by atoms with E-state index < -0.39 is 21.5 Å². The zero-order valence-corrected chi connectivity index (χ0v) is 17.2. The van der Waals surface area contributed by atoms with E-state index in [0.717, 1.165) is 0 Å². The van der Waals surface area contributed by atoms with Gasteiger partial charge in [0.25, 0.3) is 0 Å². The van der Waals surface area contributed by atoms with Gasteiger partial charge in [0.1, 0.15) is 0 Å². The fraction of sp³-hybridized carbons (Fsp3) is 0.588. The van der Waals surface area contributed by atoms with Gasteiger partial charge in [0.15, 0.2) is 9.84 Å². The monoisotopic (exact) mass is 440 g/mol. The fourth-order valence-corrected chi connectivity index (χ4v) is 3.90. The number of carboxylic acid groups (broad SMARTS) is 1. The van der Waals surface area contributed by atoms with Gasteiger partial charge in [0.2, 0.25) is 5.67 Å². The van der Waals surface area contributed by atoms with Crippen LogP contribution in [-0.4, -0.2) is 62.2 Å². The summed E-state index contributed by atoms with van der Waals surface area (Å²) >= 11 is 11.7. The molecule has 1 aliphatic rings. The minimum atomic E-state index is -3.07. The molecule has 0 spiro atoms. The van der Waals surface area contributed by atoms with E-state index in [-0.39, 0.29) is 40.5 Å². The standard InChI is InChI=1S/C17H23Cl2FN2O4S/c1-27(25,26)11-21-13-4-7-22(8-5-13)9-6-17(20,16(23)24)12-2-3-14(18)15(19)10-12/h2-3,10,13,21H,4-9,11H2,1H3,(H,23,24). The van der Waals surface area contributed by atoms with Crippen molar-refractivity contribution in [1.82, 2.24) is 10.2 Å². The molecule has 1 aromatic rings. The van der Waals surface area contributed by atoms with E-state index in [0.29, 0.717) is 25.9 Å². The topological polar surface area (TPSA) is 86.7 Å². The third kappa shape index (κ3) is 6.29. The normalized spacial score (nSPS) is 19.0. The van der Waals surface area contributed by atoms with E-state index in [1.165, 1.54) is 24.5 Å². The third-order valence-corrected chi connectivity index (χ3v) is 6.14. The maximum absolute atomic E-state index is 15.2. The van der Waals surface area contributed by atoms with Gasteiger partial charge in [-0.15, -0.1) is 0 Å². The maximum Gasteiger partial charge on any atom is 0.346 e. The van der Waals surface area contributed by atoms with Crippen LogP contribution in [0.1, 0.15) is 24.8 Å². The first-order valence-electron chi connectivity index (χ1n) is 8.52. The van der Waals surface area contributed by atoms with E-state index in [1.807, 2.05) is 4.90 Å². The lowest BCUT2D eigenvalue weighted by atomic mass is 9.91.